The monoisotopic (exact) mass is 342 g/mol. The summed E-state index contributed by atoms with van der Waals surface area (Å²) >= 11 is 0. The Morgan fingerprint density at radius 1 is 0.960 bits per heavy atom. The molecule has 0 aromatic heterocycles. The average molecular weight is 342 g/mol. The van der Waals surface area contributed by atoms with E-state index in [2.05, 4.69) is 10.6 Å². The second-order valence-electron chi connectivity index (χ2n) is 5.58. The Kier molecular flexibility index (Phi) is 6.00. The van der Waals surface area contributed by atoms with Gasteiger partial charge in [-0.2, -0.15) is 0 Å². The molecule has 0 fully saturated rings. The lowest BCUT2D eigenvalue weighted by atomic mass is 10.1. The molecular weight excluding hydrogens is 320 g/mol. The van der Waals surface area contributed by atoms with E-state index in [0.717, 1.165) is 11.1 Å². The molecule has 132 valence electrons. The molecule has 0 heterocycles. The second-order valence-corrected chi connectivity index (χ2v) is 5.58. The maximum Gasteiger partial charge on any atom is 0.313 e. The number of hydrogen-bond acceptors (Lipinski definition) is 4. The molecule has 0 saturated heterocycles. The molecule has 0 spiro atoms. The summed E-state index contributed by atoms with van der Waals surface area (Å²) in [6.07, 6.45) is 0. The molecule has 0 radical (unpaired) electrons. The summed E-state index contributed by atoms with van der Waals surface area (Å²) in [6.45, 7) is 3.65. The first-order valence-corrected chi connectivity index (χ1v) is 7.85. The van der Waals surface area contributed by atoms with Crippen LogP contribution >= 0.6 is 0 Å². The molecule has 6 nitrogen and oxygen atoms in total. The van der Waals surface area contributed by atoms with E-state index in [9.17, 15) is 9.59 Å². The molecule has 2 N–H and O–H groups in total. The molecule has 2 amide bonds. The van der Waals surface area contributed by atoms with Crippen LogP contribution in [0.5, 0.6) is 11.5 Å². The first-order valence-electron chi connectivity index (χ1n) is 7.85. The van der Waals surface area contributed by atoms with Crippen molar-refractivity contribution in [3.05, 3.63) is 53.6 Å². The van der Waals surface area contributed by atoms with Crippen molar-refractivity contribution >= 4 is 17.5 Å². The van der Waals surface area contributed by atoms with Gasteiger partial charge in [-0.25, -0.2) is 0 Å². The van der Waals surface area contributed by atoms with Gasteiger partial charge in [-0.1, -0.05) is 24.3 Å². The van der Waals surface area contributed by atoms with Gasteiger partial charge in [-0.05, 0) is 43.2 Å². The third-order valence-electron chi connectivity index (χ3n) is 3.85. The van der Waals surface area contributed by atoms with Gasteiger partial charge in [0.1, 0.15) is 0 Å². The van der Waals surface area contributed by atoms with Gasteiger partial charge in [0.15, 0.2) is 11.5 Å². The fraction of sp³-hybridized carbons (Fsp3) is 0.263. The highest BCUT2D eigenvalue weighted by Gasteiger charge is 2.18. The number of amides is 2. The third-order valence-corrected chi connectivity index (χ3v) is 3.85. The molecule has 0 saturated carbocycles. The zero-order valence-corrected chi connectivity index (χ0v) is 14.8. The van der Waals surface area contributed by atoms with Crippen molar-refractivity contribution in [2.24, 2.45) is 0 Å². The van der Waals surface area contributed by atoms with Crippen LogP contribution in [0.4, 0.5) is 5.69 Å². The number of ether oxygens (including phenoxy) is 2. The van der Waals surface area contributed by atoms with Crippen LogP contribution in [0.3, 0.4) is 0 Å². The van der Waals surface area contributed by atoms with Crippen molar-refractivity contribution in [1.82, 2.24) is 5.32 Å². The van der Waals surface area contributed by atoms with Crippen LogP contribution in [0.25, 0.3) is 0 Å². The maximum atomic E-state index is 12.1. The lowest BCUT2D eigenvalue weighted by Crippen LogP contribution is -2.37. The van der Waals surface area contributed by atoms with Crippen LogP contribution in [-0.4, -0.2) is 26.0 Å². The molecule has 6 heteroatoms. The average Bonchev–Trinajstić information content (AvgIpc) is 2.62. The van der Waals surface area contributed by atoms with Crippen LogP contribution in [0.1, 0.15) is 24.1 Å². The van der Waals surface area contributed by atoms with Crippen LogP contribution in [0.15, 0.2) is 42.5 Å². The molecule has 1 atom stereocenters. The summed E-state index contributed by atoms with van der Waals surface area (Å²) in [5, 5.41) is 5.29. The Hall–Kier alpha value is -3.02. The molecule has 0 bridgehead atoms. The number of para-hydroxylation sites is 1. The van der Waals surface area contributed by atoms with Crippen molar-refractivity contribution in [1.29, 1.82) is 0 Å². The predicted octanol–water partition coefficient (Wildman–Crippen LogP) is 2.83. The number of carbonyl (C=O) groups is 2. The van der Waals surface area contributed by atoms with Crippen LogP contribution in [-0.2, 0) is 9.59 Å². The van der Waals surface area contributed by atoms with Crippen molar-refractivity contribution in [2.45, 2.75) is 19.9 Å². The lowest BCUT2D eigenvalue weighted by molar-refractivity contribution is -0.136. The van der Waals surface area contributed by atoms with E-state index in [1.54, 1.807) is 45.4 Å². The van der Waals surface area contributed by atoms with Crippen LogP contribution in [0.2, 0.25) is 0 Å². The largest absolute Gasteiger partial charge is 0.493 e. The van der Waals surface area contributed by atoms with E-state index >= 15 is 0 Å². The predicted molar refractivity (Wildman–Crippen MR) is 95.9 cm³/mol. The van der Waals surface area contributed by atoms with E-state index in [0.29, 0.717) is 17.2 Å². The molecule has 2 rings (SSSR count). The van der Waals surface area contributed by atoms with Gasteiger partial charge in [-0.3, -0.25) is 9.59 Å². The highest BCUT2D eigenvalue weighted by atomic mass is 16.5. The highest BCUT2D eigenvalue weighted by molar-refractivity contribution is 6.39. The fourth-order valence-corrected chi connectivity index (χ4v) is 2.36. The van der Waals surface area contributed by atoms with Gasteiger partial charge in [0, 0.05) is 5.69 Å². The standard InChI is InChI=1S/C19H22N2O4/c1-12-7-5-6-8-15(12)21-19(23)18(22)20-13(2)14-9-10-16(24-3)17(11-14)25-4/h5-11,13H,1-4H3,(H,20,22)(H,21,23). The minimum absolute atomic E-state index is 0.366. The summed E-state index contributed by atoms with van der Waals surface area (Å²) in [5.41, 5.74) is 2.30. The topological polar surface area (TPSA) is 76.7 Å². The molecule has 0 aliphatic heterocycles. The Labute approximate surface area is 147 Å². The molecule has 2 aromatic rings. The van der Waals surface area contributed by atoms with E-state index in [1.165, 1.54) is 0 Å². The van der Waals surface area contributed by atoms with Crippen molar-refractivity contribution in [2.75, 3.05) is 19.5 Å². The SMILES string of the molecule is COc1ccc(C(C)NC(=O)C(=O)Nc2ccccc2C)cc1OC. The summed E-state index contributed by atoms with van der Waals surface area (Å²) in [7, 11) is 3.10. The number of nitrogens with one attached hydrogen (secondary N) is 2. The van der Waals surface area contributed by atoms with E-state index < -0.39 is 11.8 Å². The van der Waals surface area contributed by atoms with Crippen LogP contribution in [0, 0.1) is 6.92 Å². The third kappa shape index (κ3) is 4.50. The van der Waals surface area contributed by atoms with Crippen molar-refractivity contribution in [3.63, 3.8) is 0 Å². The minimum Gasteiger partial charge on any atom is -0.493 e. The molecule has 25 heavy (non-hydrogen) atoms. The Morgan fingerprint density at radius 3 is 2.28 bits per heavy atom. The Morgan fingerprint density at radius 2 is 1.64 bits per heavy atom. The van der Waals surface area contributed by atoms with Gasteiger partial charge in [0.05, 0.1) is 20.3 Å². The van der Waals surface area contributed by atoms with E-state index in [1.807, 2.05) is 25.1 Å². The second kappa shape index (κ2) is 8.19. The minimum atomic E-state index is -0.707. The smallest absolute Gasteiger partial charge is 0.313 e. The zero-order chi connectivity index (χ0) is 18.4. The van der Waals surface area contributed by atoms with Gasteiger partial charge in [0.2, 0.25) is 0 Å². The molecule has 1 unspecified atom stereocenters. The first-order chi connectivity index (χ1) is 12.0. The van der Waals surface area contributed by atoms with E-state index in [4.69, 9.17) is 9.47 Å². The molecule has 0 aliphatic carbocycles. The number of rotatable bonds is 5. The number of methoxy groups -OCH3 is 2. The normalized spacial score (nSPS) is 11.4. The summed E-state index contributed by atoms with van der Waals surface area (Å²) in [4.78, 5) is 24.2. The van der Waals surface area contributed by atoms with Gasteiger partial charge >= 0.3 is 11.8 Å². The maximum absolute atomic E-state index is 12.1. The number of aryl methyl sites for hydroxylation is 1. The molecule has 0 aliphatic rings. The van der Waals surface area contributed by atoms with Gasteiger partial charge in [0.25, 0.3) is 0 Å². The van der Waals surface area contributed by atoms with Crippen molar-refractivity contribution in [3.8, 4) is 11.5 Å². The van der Waals surface area contributed by atoms with Gasteiger partial charge < -0.3 is 20.1 Å². The number of anilines is 1. The summed E-state index contributed by atoms with van der Waals surface area (Å²) in [6, 6.07) is 12.2. The van der Waals surface area contributed by atoms with E-state index in [-0.39, 0.29) is 6.04 Å². The lowest BCUT2D eigenvalue weighted by Gasteiger charge is -2.16. The number of hydrogen-bond donors (Lipinski definition) is 2. The summed E-state index contributed by atoms with van der Waals surface area (Å²) < 4.78 is 10.4. The van der Waals surface area contributed by atoms with Gasteiger partial charge in [-0.15, -0.1) is 0 Å². The Balaban J connectivity index is 2.04. The number of benzene rings is 2. The van der Waals surface area contributed by atoms with Crippen LogP contribution < -0.4 is 20.1 Å². The fourth-order valence-electron chi connectivity index (χ4n) is 2.36. The zero-order valence-electron chi connectivity index (χ0n) is 14.8. The molecular formula is C19H22N2O4. The Bertz CT molecular complexity index is 774. The highest BCUT2D eigenvalue weighted by Crippen LogP contribution is 2.29. The first kappa shape index (κ1) is 18.3. The molecule has 2 aromatic carbocycles. The van der Waals surface area contributed by atoms with Crippen molar-refractivity contribution < 1.29 is 19.1 Å². The number of carbonyl (C=O) groups excluding carboxylic acids is 2. The quantitative estimate of drug-likeness (QED) is 0.819. The summed E-state index contributed by atoms with van der Waals surface area (Å²) in [5.74, 6) is -0.250.